The number of rotatable bonds is 4. The number of nitrogens with zero attached hydrogens (tertiary/aromatic N) is 3. The Hall–Kier alpha value is -2.12. The maximum absolute atomic E-state index is 11.1. The number of hydrogen-bond donors (Lipinski definition) is 0. The summed E-state index contributed by atoms with van der Waals surface area (Å²) in [5.74, 6) is -0.132. The standard InChI is InChI=1S/C12H8ClN3O3S/c13-9-3-1-8(2-4-9)7-19-10-11(16(17)18)15-5-6-20-12(15)14-10/h1-6H,7H2. The third-order valence-corrected chi connectivity index (χ3v) is 3.68. The monoisotopic (exact) mass is 309 g/mol. The van der Waals surface area contributed by atoms with Gasteiger partial charge in [0.25, 0.3) is 4.96 Å². The summed E-state index contributed by atoms with van der Waals surface area (Å²) in [5, 5.41) is 13.5. The molecule has 6 nitrogen and oxygen atoms in total. The summed E-state index contributed by atoms with van der Waals surface area (Å²) in [5.41, 5.74) is 0.861. The van der Waals surface area contributed by atoms with Gasteiger partial charge in [-0.25, -0.2) is 0 Å². The average Bonchev–Trinajstić information content (AvgIpc) is 2.97. The van der Waals surface area contributed by atoms with Crippen molar-refractivity contribution in [3.8, 4) is 5.88 Å². The van der Waals surface area contributed by atoms with Gasteiger partial charge in [0, 0.05) is 10.4 Å². The molecule has 20 heavy (non-hydrogen) atoms. The Labute approximate surface area is 122 Å². The van der Waals surface area contributed by atoms with Crippen LogP contribution in [-0.4, -0.2) is 14.3 Å². The molecule has 0 radical (unpaired) electrons. The van der Waals surface area contributed by atoms with E-state index in [9.17, 15) is 10.1 Å². The van der Waals surface area contributed by atoms with Crippen molar-refractivity contribution in [2.45, 2.75) is 6.61 Å². The van der Waals surface area contributed by atoms with E-state index in [0.29, 0.717) is 9.98 Å². The molecule has 0 saturated carbocycles. The SMILES string of the molecule is O=[N+]([O-])c1c(OCc2ccc(Cl)cc2)nc2sccn12. The third kappa shape index (κ3) is 2.33. The van der Waals surface area contributed by atoms with Crippen molar-refractivity contribution >= 4 is 33.7 Å². The first kappa shape index (κ1) is 12.9. The quantitative estimate of drug-likeness (QED) is 0.546. The van der Waals surface area contributed by atoms with E-state index in [2.05, 4.69) is 4.98 Å². The summed E-state index contributed by atoms with van der Waals surface area (Å²) in [6, 6.07) is 7.07. The Balaban J connectivity index is 1.87. The molecule has 8 heteroatoms. The minimum atomic E-state index is -0.496. The second-order valence-electron chi connectivity index (χ2n) is 3.97. The van der Waals surface area contributed by atoms with Crippen molar-refractivity contribution < 1.29 is 9.66 Å². The molecule has 0 aliphatic rings. The highest BCUT2D eigenvalue weighted by molar-refractivity contribution is 7.15. The Morgan fingerprint density at radius 2 is 2.15 bits per heavy atom. The number of nitro groups is 1. The summed E-state index contributed by atoms with van der Waals surface area (Å²) in [4.78, 5) is 15.3. The van der Waals surface area contributed by atoms with Crippen molar-refractivity contribution in [1.82, 2.24) is 9.38 Å². The van der Waals surface area contributed by atoms with Gasteiger partial charge in [0.2, 0.25) is 0 Å². The second-order valence-corrected chi connectivity index (χ2v) is 5.28. The van der Waals surface area contributed by atoms with E-state index in [1.54, 1.807) is 35.8 Å². The largest absolute Gasteiger partial charge is 0.467 e. The fourth-order valence-electron chi connectivity index (χ4n) is 1.75. The number of benzene rings is 1. The average molecular weight is 310 g/mol. The molecule has 2 aromatic heterocycles. The van der Waals surface area contributed by atoms with Crippen molar-refractivity contribution in [2.75, 3.05) is 0 Å². The topological polar surface area (TPSA) is 69.7 Å². The lowest BCUT2D eigenvalue weighted by molar-refractivity contribution is -0.391. The van der Waals surface area contributed by atoms with Crippen LogP contribution in [0.15, 0.2) is 35.8 Å². The van der Waals surface area contributed by atoms with Crippen LogP contribution in [0, 0.1) is 10.1 Å². The number of ether oxygens (including phenoxy) is 1. The van der Waals surface area contributed by atoms with Crippen molar-refractivity contribution in [3.63, 3.8) is 0 Å². The van der Waals surface area contributed by atoms with E-state index in [0.717, 1.165) is 5.56 Å². The summed E-state index contributed by atoms with van der Waals surface area (Å²) in [6.45, 7) is 0.197. The summed E-state index contributed by atoms with van der Waals surface area (Å²) in [7, 11) is 0. The lowest BCUT2D eigenvalue weighted by Crippen LogP contribution is -1.99. The molecule has 3 aromatic rings. The lowest BCUT2D eigenvalue weighted by atomic mass is 10.2. The maximum Gasteiger partial charge on any atom is 0.393 e. The zero-order chi connectivity index (χ0) is 14.1. The minimum Gasteiger partial charge on any atom is -0.467 e. The van der Waals surface area contributed by atoms with Crippen LogP contribution in [-0.2, 0) is 6.61 Å². The Morgan fingerprint density at radius 3 is 2.85 bits per heavy atom. The first-order valence-corrected chi connectivity index (χ1v) is 6.88. The summed E-state index contributed by atoms with van der Waals surface area (Å²) < 4.78 is 6.86. The van der Waals surface area contributed by atoms with Crippen LogP contribution in [0.3, 0.4) is 0 Å². The summed E-state index contributed by atoms with van der Waals surface area (Å²) >= 11 is 7.10. The van der Waals surface area contributed by atoms with Crippen LogP contribution in [0.25, 0.3) is 4.96 Å². The Kier molecular flexibility index (Phi) is 3.29. The summed E-state index contributed by atoms with van der Waals surface area (Å²) in [6.07, 6.45) is 1.60. The minimum absolute atomic E-state index is 0.0248. The van der Waals surface area contributed by atoms with E-state index in [-0.39, 0.29) is 18.3 Å². The Bertz CT molecular complexity index is 766. The van der Waals surface area contributed by atoms with Crippen LogP contribution in [0.5, 0.6) is 5.88 Å². The van der Waals surface area contributed by atoms with Gasteiger partial charge in [-0.05, 0) is 22.6 Å². The van der Waals surface area contributed by atoms with Crippen molar-refractivity contribution in [2.24, 2.45) is 0 Å². The van der Waals surface area contributed by atoms with Gasteiger partial charge in [-0.1, -0.05) is 35.1 Å². The fraction of sp³-hybridized carbons (Fsp3) is 0.0833. The lowest BCUT2D eigenvalue weighted by Gasteiger charge is -2.03. The second kappa shape index (κ2) is 5.10. The molecule has 1 aromatic carbocycles. The number of aromatic nitrogens is 2. The maximum atomic E-state index is 11.1. The molecule has 0 aliphatic heterocycles. The van der Waals surface area contributed by atoms with Gasteiger partial charge in [-0.3, -0.25) is 0 Å². The molecule has 3 rings (SSSR count). The van der Waals surface area contributed by atoms with Crippen LogP contribution in [0.1, 0.15) is 5.56 Å². The van der Waals surface area contributed by atoms with Crippen molar-refractivity contribution in [3.05, 3.63) is 56.5 Å². The molecular formula is C12H8ClN3O3S. The number of hydrogen-bond acceptors (Lipinski definition) is 5. The smallest absolute Gasteiger partial charge is 0.393 e. The van der Waals surface area contributed by atoms with Crippen LogP contribution in [0.2, 0.25) is 5.02 Å². The van der Waals surface area contributed by atoms with E-state index >= 15 is 0 Å². The fourth-order valence-corrected chi connectivity index (χ4v) is 2.58. The number of fused-ring (bicyclic) bond motifs is 1. The van der Waals surface area contributed by atoms with Gasteiger partial charge in [0.1, 0.15) is 12.8 Å². The molecule has 0 amide bonds. The normalized spacial score (nSPS) is 10.8. The highest BCUT2D eigenvalue weighted by atomic mass is 35.5. The zero-order valence-electron chi connectivity index (χ0n) is 10.0. The molecule has 0 fully saturated rings. The molecule has 102 valence electrons. The molecule has 0 bridgehead atoms. The predicted octanol–water partition coefficient (Wildman–Crippen LogP) is 3.54. The molecule has 0 unspecified atom stereocenters. The van der Waals surface area contributed by atoms with Crippen LogP contribution < -0.4 is 4.74 Å². The van der Waals surface area contributed by atoms with E-state index in [4.69, 9.17) is 16.3 Å². The number of imidazole rings is 1. The molecule has 2 heterocycles. The molecule has 0 atom stereocenters. The van der Waals surface area contributed by atoms with E-state index in [1.165, 1.54) is 15.7 Å². The molecule has 0 aliphatic carbocycles. The molecular weight excluding hydrogens is 302 g/mol. The van der Waals surface area contributed by atoms with Gasteiger partial charge < -0.3 is 14.9 Å². The van der Waals surface area contributed by atoms with Gasteiger partial charge in [0.15, 0.2) is 0 Å². The molecule has 0 spiro atoms. The first-order valence-electron chi connectivity index (χ1n) is 5.62. The molecule has 0 saturated heterocycles. The van der Waals surface area contributed by atoms with Crippen LogP contribution >= 0.6 is 22.9 Å². The van der Waals surface area contributed by atoms with E-state index < -0.39 is 4.92 Å². The van der Waals surface area contributed by atoms with Gasteiger partial charge in [-0.2, -0.15) is 9.38 Å². The van der Waals surface area contributed by atoms with Crippen LogP contribution in [0.4, 0.5) is 5.82 Å². The third-order valence-electron chi connectivity index (χ3n) is 2.67. The Morgan fingerprint density at radius 1 is 1.40 bits per heavy atom. The van der Waals surface area contributed by atoms with Gasteiger partial charge >= 0.3 is 11.7 Å². The van der Waals surface area contributed by atoms with Gasteiger partial charge in [0.05, 0.1) is 0 Å². The predicted molar refractivity (Wildman–Crippen MR) is 75.5 cm³/mol. The molecule has 0 N–H and O–H groups in total. The highest BCUT2D eigenvalue weighted by Gasteiger charge is 2.25. The first-order chi connectivity index (χ1) is 9.65. The number of halogens is 1. The number of thiazole rings is 1. The van der Waals surface area contributed by atoms with E-state index in [1.807, 2.05) is 0 Å². The zero-order valence-corrected chi connectivity index (χ0v) is 11.6. The van der Waals surface area contributed by atoms with Crippen molar-refractivity contribution in [1.29, 1.82) is 0 Å². The highest BCUT2D eigenvalue weighted by Crippen LogP contribution is 2.30. The van der Waals surface area contributed by atoms with Gasteiger partial charge in [-0.15, -0.1) is 0 Å².